The van der Waals surface area contributed by atoms with Gasteiger partial charge in [-0.15, -0.1) is 0 Å². The van der Waals surface area contributed by atoms with Crippen LogP contribution in [0.4, 0.5) is 10.1 Å². The highest BCUT2D eigenvalue weighted by molar-refractivity contribution is 6.05. The van der Waals surface area contributed by atoms with Gasteiger partial charge in [-0.2, -0.15) is 0 Å². The van der Waals surface area contributed by atoms with Gasteiger partial charge < -0.3 is 14.5 Å². The highest BCUT2D eigenvalue weighted by atomic mass is 19.1. The van der Waals surface area contributed by atoms with E-state index in [0.717, 1.165) is 44.6 Å². The van der Waals surface area contributed by atoms with E-state index in [0.29, 0.717) is 29.8 Å². The summed E-state index contributed by atoms with van der Waals surface area (Å²) in [6.07, 6.45) is 2.89. The summed E-state index contributed by atoms with van der Waals surface area (Å²) in [5, 5.41) is 2.29. The summed E-state index contributed by atoms with van der Waals surface area (Å²) in [7, 11) is 1.76. The molecule has 0 radical (unpaired) electrons. The van der Waals surface area contributed by atoms with E-state index in [-0.39, 0.29) is 24.8 Å². The number of piperidine rings is 2. The van der Waals surface area contributed by atoms with Crippen molar-refractivity contribution in [3.05, 3.63) is 29.1 Å². The van der Waals surface area contributed by atoms with Gasteiger partial charge in [0.05, 0.1) is 11.8 Å². The molecule has 166 valence electrons. The largest absolute Gasteiger partial charge is 0.381 e. The second kappa shape index (κ2) is 7.87. The fraction of sp³-hybridized carbons (Fsp3) is 0.591. The molecule has 4 aliphatic rings. The third kappa shape index (κ3) is 3.59. The number of ether oxygens (including phenoxy) is 1. The summed E-state index contributed by atoms with van der Waals surface area (Å²) in [6, 6.07) is 2.78. The lowest BCUT2D eigenvalue weighted by Gasteiger charge is -2.48. The van der Waals surface area contributed by atoms with Gasteiger partial charge in [-0.3, -0.25) is 24.6 Å². The van der Waals surface area contributed by atoms with Crippen LogP contribution >= 0.6 is 0 Å². The maximum Gasteiger partial charge on any atom is 0.255 e. The molecule has 5 rings (SSSR count). The predicted molar refractivity (Wildman–Crippen MR) is 110 cm³/mol. The van der Waals surface area contributed by atoms with E-state index in [9.17, 15) is 18.8 Å². The second-order valence-electron chi connectivity index (χ2n) is 8.89. The second-order valence-corrected chi connectivity index (χ2v) is 8.89. The number of imide groups is 1. The van der Waals surface area contributed by atoms with Crippen molar-refractivity contribution in [3.8, 4) is 0 Å². The van der Waals surface area contributed by atoms with Crippen molar-refractivity contribution in [3.63, 3.8) is 0 Å². The first-order valence-corrected chi connectivity index (χ1v) is 10.9. The first kappa shape index (κ1) is 20.4. The minimum Gasteiger partial charge on any atom is -0.381 e. The SMILES string of the molecule is COC1CCN(C2CN(c3cc4c(cc3F)C(=O)N(C3CCC(=O)NC3=O)C4)C2)CC1. The van der Waals surface area contributed by atoms with Crippen molar-refractivity contribution in [1.82, 2.24) is 15.1 Å². The summed E-state index contributed by atoms with van der Waals surface area (Å²) in [4.78, 5) is 42.3. The zero-order chi connectivity index (χ0) is 21.7. The topological polar surface area (TPSA) is 82.2 Å². The Labute approximate surface area is 180 Å². The highest BCUT2D eigenvalue weighted by Crippen LogP contribution is 2.35. The molecule has 0 saturated carbocycles. The van der Waals surface area contributed by atoms with Gasteiger partial charge in [-0.25, -0.2) is 4.39 Å². The third-order valence-corrected chi connectivity index (χ3v) is 7.12. The molecule has 1 unspecified atom stereocenters. The lowest BCUT2D eigenvalue weighted by Crippen LogP contribution is -2.61. The van der Waals surface area contributed by atoms with Crippen LogP contribution in [0.3, 0.4) is 0 Å². The van der Waals surface area contributed by atoms with Crippen molar-refractivity contribution < 1.29 is 23.5 Å². The monoisotopic (exact) mass is 430 g/mol. The number of methoxy groups -OCH3 is 1. The Hall–Kier alpha value is -2.52. The number of likely N-dealkylation sites (tertiary alicyclic amines) is 1. The first-order valence-electron chi connectivity index (χ1n) is 10.9. The van der Waals surface area contributed by atoms with Gasteiger partial charge in [0.15, 0.2) is 0 Å². The van der Waals surface area contributed by atoms with Gasteiger partial charge in [0.2, 0.25) is 11.8 Å². The summed E-state index contributed by atoms with van der Waals surface area (Å²) < 4.78 is 20.3. The van der Waals surface area contributed by atoms with Crippen LogP contribution in [0, 0.1) is 5.82 Å². The molecule has 3 saturated heterocycles. The Morgan fingerprint density at radius 1 is 1.10 bits per heavy atom. The predicted octanol–water partition coefficient (Wildman–Crippen LogP) is 0.886. The standard InChI is InChI=1S/C22H27FN4O4/c1-31-15-4-6-25(7-5-15)14-11-26(12-14)19-8-13-10-27(22(30)16(13)9-17(19)23)18-2-3-20(28)24-21(18)29/h8-9,14-15,18H,2-7,10-12H2,1H3,(H,24,28,29). The summed E-state index contributed by atoms with van der Waals surface area (Å²) in [6.45, 7) is 3.78. The van der Waals surface area contributed by atoms with Crippen LogP contribution in [0.5, 0.6) is 0 Å². The molecular weight excluding hydrogens is 403 g/mol. The maximum absolute atomic E-state index is 14.9. The number of hydrogen-bond acceptors (Lipinski definition) is 6. The van der Waals surface area contributed by atoms with Crippen molar-refractivity contribution in [1.29, 1.82) is 0 Å². The van der Waals surface area contributed by atoms with Crippen LogP contribution in [0.1, 0.15) is 41.6 Å². The van der Waals surface area contributed by atoms with Crippen LogP contribution in [0.15, 0.2) is 12.1 Å². The van der Waals surface area contributed by atoms with Gasteiger partial charge in [0.25, 0.3) is 5.91 Å². The minimum absolute atomic E-state index is 0.201. The highest BCUT2D eigenvalue weighted by Gasteiger charge is 2.41. The maximum atomic E-state index is 14.9. The summed E-state index contributed by atoms with van der Waals surface area (Å²) in [5.41, 5.74) is 1.56. The summed E-state index contributed by atoms with van der Waals surface area (Å²) >= 11 is 0. The van der Waals surface area contributed by atoms with Gasteiger partial charge in [-0.1, -0.05) is 0 Å². The Balaban J connectivity index is 1.26. The quantitative estimate of drug-likeness (QED) is 0.715. The molecule has 0 bridgehead atoms. The number of halogens is 1. The van der Waals surface area contributed by atoms with Gasteiger partial charge in [0, 0.05) is 57.9 Å². The van der Waals surface area contributed by atoms with Crippen LogP contribution in [0.2, 0.25) is 0 Å². The van der Waals surface area contributed by atoms with E-state index < -0.39 is 17.8 Å². The van der Waals surface area contributed by atoms with Crippen molar-refractivity contribution >= 4 is 23.4 Å². The molecule has 4 heterocycles. The number of carbonyl (C=O) groups is 3. The molecule has 0 aromatic heterocycles. The normalized spacial score (nSPS) is 25.6. The van der Waals surface area contributed by atoms with E-state index in [1.807, 2.05) is 4.90 Å². The molecule has 3 fully saturated rings. The molecule has 1 aromatic rings. The molecule has 0 spiro atoms. The molecule has 9 heteroatoms. The lowest BCUT2D eigenvalue weighted by atomic mass is 9.99. The van der Waals surface area contributed by atoms with Crippen molar-refractivity contribution in [2.45, 2.75) is 50.4 Å². The van der Waals surface area contributed by atoms with E-state index in [1.54, 1.807) is 13.2 Å². The van der Waals surface area contributed by atoms with Crippen LogP contribution in [0.25, 0.3) is 0 Å². The number of rotatable bonds is 4. The molecule has 31 heavy (non-hydrogen) atoms. The Kier molecular flexibility index (Phi) is 5.18. The van der Waals surface area contributed by atoms with E-state index in [2.05, 4.69) is 10.2 Å². The molecular formula is C22H27FN4O4. The van der Waals surface area contributed by atoms with Crippen molar-refractivity contribution in [2.24, 2.45) is 0 Å². The molecule has 1 aromatic carbocycles. The number of fused-ring (bicyclic) bond motifs is 1. The fourth-order valence-electron chi connectivity index (χ4n) is 5.18. The fourth-order valence-corrected chi connectivity index (χ4v) is 5.18. The molecule has 0 aliphatic carbocycles. The van der Waals surface area contributed by atoms with E-state index in [4.69, 9.17) is 4.74 Å². The zero-order valence-electron chi connectivity index (χ0n) is 17.6. The lowest BCUT2D eigenvalue weighted by molar-refractivity contribution is -0.136. The summed E-state index contributed by atoms with van der Waals surface area (Å²) in [5.74, 6) is -1.54. The number of nitrogens with one attached hydrogen (secondary N) is 1. The zero-order valence-corrected chi connectivity index (χ0v) is 17.6. The first-order chi connectivity index (χ1) is 14.9. The van der Waals surface area contributed by atoms with Gasteiger partial charge >= 0.3 is 0 Å². The third-order valence-electron chi connectivity index (χ3n) is 7.12. The van der Waals surface area contributed by atoms with Crippen LogP contribution in [-0.2, 0) is 20.9 Å². The van der Waals surface area contributed by atoms with Gasteiger partial charge in [-0.05, 0) is 37.0 Å². The van der Waals surface area contributed by atoms with Crippen LogP contribution in [-0.4, -0.2) is 79.0 Å². The number of hydrogen-bond donors (Lipinski definition) is 1. The molecule has 4 aliphatic heterocycles. The Morgan fingerprint density at radius 2 is 1.84 bits per heavy atom. The van der Waals surface area contributed by atoms with Crippen molar-refractivity contribution in [2.75, 3.05) is 38.2 Å². The Morgan fingerprint density at radius 3 is 2.52 bits per heavy atom. The molecule has 3 amide bonds. The average Bonchev–Trinajstić information content (AvgIpc) is 3.03. The number of anilines is 1. The van der Waals surface area contributed by atoms with E-state index >= 15 is 0 Å². The molecule has 1 N–H and O–H groups in total. The minimum atomic E-state index is -0.687. The number of nitrogens with zero attached hydrogens (tertiary/aromatic N) is 3. The van der Waals surface area contributed by atoms with Gasteiger partial charge in [0.1, 0.15) is 11.9 Å². The molecule has 1 atom stereocenters. The number of carbonyl (C=O) groups excluding carboxylic acids is 3. The number of amides is 3. The Bertz CT molecular complexity index is 924. The van der Waals surface area contributed by atoms with E-state index in [1.165, 1.54) is 11.0 Å². The smallest absolute Gasteiger partial charge is 0.255 e. The van der Waals surface area contributed by atoms with Crippen LogP contribution < -0.4 is 10.2 Å². The number of benzene rings is 1. The average molecular weight is 430 g/mol. The molecule has 8 nitrogen and oxygen atoms in total.